The van der Waals surface area contributed by atoms with Crippen molar-refractivity contribution < 1.29 is 22.7 Å². The van der Waals surface area contributed by atoms with E-state index in [-0.39, 0.29) is 29.9 Å². The number of carbonyl (C=O) groups is 1. The molecule has 0 aromatic heterocycles. The molecular formula is C23H26BrF3N2O2. The molecule has 0 heterocycles. The van der Waals surface area contributed by atoms with Crippen LogP contribution < -0.4 is 15.4 Å². The molecule has 2 N–H and O–H groups in total. The molecule has 0 aliphatic heterocycles. The molecule has 31 heavy (non-hydrogen) atoms. The number of hydrogen-bond donors (Lipinski definition) is 2. The number of rotatable bonds is 6. The van der Waals surface area contributed by atoms with Gasteiger partial charge in [-0.15, -0.1) is 0 Å². The average Bonchev–Trinajstić information content (AvgIpc) is 2.71. The first-order valence-electron chi connectivity index (χ1n) is 10.3. The lowest BCUT2D eigenvalue weighted by molar-refractivity contribution is -0.137. The minimum absolute atomic E-state index is 0.0815. The van der Waals surface area contributed by atoms with Crippen molar-refractivity contribution in [1.82, 2.24) is 5.32 Å². The van der Waals surface area contributed by atoms with Crippen molar-refractivity contribution in [2.75, 3.05) is 11.9 Å². The number of hydrogen-bond acceptors (Lipinski definition) is 3. The van der Waals surface area contributed by atoms with Crippen LogP contribution in [0.15, 0.2) is 46.9 Å². The van der Waals surface area contributed by atoms with Crippen molar-refractivity contribution >= 4 is 27.5 Å². The molecule has 3 atom stereocenters. The van der Waals surface area contributed by atoms with E-state index in [1.807, 2.05) is 0 Å². The number of carbonyl (C=O) groups excluding carboxylic acids is 1. The highest BCUT2D eigenvalue weighted by Crippen LogP contribution is 2.37. The maximum Gasteiger partial charge on any atom is 0.416 e. The molecule has 1 fully saturated rings. The van der Waals surface area contributed by atoms with E-state index >= 15 is 0 Å². The fourth-order valence-electron chi connectivity index (χ4n) is 3.78. The second-order valence-electron chi connectivity index (χ2n) is 8.06. The van der Waals surface area contributed by atoms with Gasteiger partial charge in [-0.1, -0.05) is 42.6 Å². The fraction of sp³-hybridized carbons (Fsp3) is 0.435. The summed E-state index contributed by atoms with van der Waals surface area (Å²) in [5.74, 6) is 1.32. The second-order valence-corrected chi connectivity index (χ2v) is 8.98. The summed E-state index contributed by atoms with van der Waals surface area (Å²) in [6.07, 6.45) is -1.38. The van der Waals surface area contributed by atoms with E-state index in [1.54, 1.807) is 24.3 Å². The zero-order chi connectivity index (χ0) is 22.6. The largest absolute Gasteiger partial charge is 0.455 e. The topological polar surface area (TPSA) is 50.4 Å². The molecule has 1 aliphatic carbocycles. The predicted octanol–water partition coefficient (Wildman–Crippen LogP) is 6.61. The number of benzene rings is 2. The van der Waals surface area contributed by atoms with Crippen LogP contribution in [-0.2, 0) is 11.0 Å². The molecule has 2 aromatic carbocycles. The maximum atomic E-state index is 13.2. The summed E-state index contributed by atoms with van der Waals surface area (Å²) < 4.78 is 46.2. The first-order valence-corrected chi connectivity index (χ1v) is 11.1. The Hall–Kier alpha value is -2.22. The number of alkyl halides is 3. The zero-order valence-corrected chi connectivity index (χ0v) is 19.0. The second kappa shape index (κ2) is 9.94. The van der Waals surface area contributed by atoms with Gasteiger partial charge in [0.2, 0.25) is 5.91 Å². The number of amides is 1. The van der Waals surface area contributed by atoms with Gasteiger partial charge >= 0.3 is 6.18 Å². The molecule has 8 heteroatoms. The Labute approximate surface area is 188 Å². The highest BCUT2D eigenvalue weighted by Gasteiger charge is 2.32. The Balaban J connectivity index is 1.72. The molecule has 1 amide bonds. The van der Waals surface area contributed by atoms with Crippen molar-refractivity contribution in [3.05, 3.63) is 52.5 Å². The van der Waals surface area contributed by atoms with Crippen molar-refractivity contribution in [2.24, 2.45) is 11.8 Å². The summed E-state index contributed by atoms with van der Waals surface area (Å²) in [6, 6.07) is 10.2. The van der Waals surface area contributed by atoms with Gasteiger partial charge in [0, 0.05) is 10.5 Å². The fourth-order valence-corrected chi connectivity index (χ4v) is 4.05. The lowest BCUT2D eigenvalue weighted by Crippen LogP contribution is -2.45. The normalized spacial score (nSPS) is 21.4. The van der Waals surface area contributed by atoms with Crippen molar-refractivity contribution in [3.8, 4) is 11.5 Å². The van der Waals surface area contributed by atoms with E-state index in [1.165, 1.54) is 6.07 Å². The Morgan fingerprint density at radius 2 is 1.84 bits per heavy atom. The molecule has 0 unspecified atom stereocenters. The van der Waals surface area contributed by atoms with Crippen LogP contribution in [0.3, 0.4) is 0 Å². The van der Waals surface area contributed by atoms with Gasteiger partial charge < -0.3 is 15.4 Å². The first kappa shape index (κ1) is 23.4. The van der Waals surface area contributed by atoms with E-state index in [0.29, 0.717) is 17.6 Å². The highest BCUT2D eigenvalue weighted by molar-refractivity contribution is 9.10. The molecule has 0 radical (unpaired) electrons. The van der Waals surface area contributed by atoms with Gasteiger partial charge in [0.1, 0.15) is 5.75 Å². The first-order chi connectivity index (χ1) is 14.6. The minimum atomic E-state index is -4.50. The molecular weight excluding hydrogens is 473 g/mol. The minimum Gasteiger partial charge on any atom is -0.455 e. The molecule has 3 rings (SSSR count). The van der Waals surface area contributed by atoms with Gasteiger partial charge in [-0.05, 0) is 60.7 Å². The number of halogens is 4. The van der Waals surface area contributed by atoms with Crippen LogP contribution in [0.1, 0.15) is 38.7 Å². The molecule has 2 aromatic rings. The van der Waals surface area contributed by atoms with E-state index < -0.39 is 11.7 Å². The van der Waals surface area contributed by atoms with Crippen LogP contribution in [-0.4, -0.2) is 18.5 Å². The summed E-state index contributed by atoms with van der Waals surface area (Å²) in [6.45, 7) is 4.16. The number of anilines is 1. The van der Waals surface area contributed by atoms with Gasteiger partial charge in [-0.3, -0.25) is 4.79 Å². The van der Waals surface area contributed by atoms with E-state index in [9.17, 15) is 18.0 Å². The lowest BCUT2D eigenvalue weighted by Gasteiger charge is -2.34. The molecule has 4 nitrogen and oxygen atoms in total. The average molecular weight is 499 g/mol. The van der Waals surface area contributed by atoms with Gasteiger partial charge in [0.25, 0.3) is 0 Å². The summed E-state index contributed by atoms with van der Waals surface area (Å²) >= 11 is 3.33. The Morgan fingerprint density at radius 1 is 1.13 bits per heavy atom. The molecule has 0 spiro atoms. The zero-order valence-electron chi connectivity index (χ0n) is 17.4. The summed E-state index contributed by atoms with van der Waals surface area (Å²) in [4.78, 5) is 12.5. The molecule has 168 valence electrons. The molecule has 0 bridgehead atoms. The van der Waals surface area contributed by atoms with Crippen LogP contribution in [0.2, 0.25) is 0 Å². The van der Waals surface area contributed by atoms with Crippen molar-refractivity contribution in [2.45, 2.75) is 45.3 Å². The van der Waals surface area contributed by atoms with Crippen LogP contribution in [0.5, 0.6) is 11.5 Å². The van der Waals surface area contributed by atoms with Crippen LogP contribution in [0.25, 0.3) is 0 Å². The maximum absolute atomic E-state index is 13.2. The SMILES string of the molecule is C[C@H]1[C@@H](NC(=O)CNc2cc(C(F)(F)F)ccc2Oc2ccc(Br)cc2)CCC[C@@H]1C. The van der Waals surface area contributed by atoms with Gasteiger partial charge in [0.15, 0.2) is 5.75 Å². The quantitative estimate of drug-likeness (QED) is 0.470. The molecule has 0 saturated heterocycles. The smallest absolute Gasteiger partial charge is 0.416 e. The van der Waals surface area contributed by atoms with E-state index in [4.69, 9.17) is 4.74 Å². The van der Waals surface area contributed by atoms with E-state index in [0.717, 1.165) is 35.9 Å². The summed E-state index contributed by atoms with van der Waals surface area (Å²) in [5, 5.41) is 5.85. The van der Waals surface area contributed by atoms with Gasteiger partial charge in [-0.2, -0.15) is 13.2 Å². The Kier molecular flexibility index (Phi) is 7.51. The third-order valence-electron chi connectivity index (χ3n) is 5.84. The van der Waals surface area contributed by atoms with Crippen molar-refractivity contribution in [1.29, 1.82) is 0 Å². The van der Waals surface area contributed by atoms with Crippen LogP contribution >= 0.6 is 15.9 Å². The number of nitrogens with one attached hydrogen (secondary N) is 2. The van der Waals surface area contributed by atoms with Crippen LogP contribution in [0.4, 0.5) is 18.9 Å². The Bertz CT molecular complexity index is 903. The molecule has 1 aliphatic rings. The highest BCUT2D eigenvalue weighted by atomic mass is 79.9. The molecule has 1 saturated carbocycles. The Morgan fingerprint density at radius 3 is 2.52 bits per heavy atom. The number of ether oxygens (including phenoxy) is 1. The summed E-state index contributed by atoms with van der Waals surface area (Å²) in [5.41, 5.74) is -0.703. The van der Waals surface area contributed by atoms with Crippen molar-refractivity contribution in [3.63, 3.8) is 0 Å². The standard InChI is InChI=1S/C23H26BrF3N2O2/c1-14-4-3-5-19(15(14)2)29-22(30)13-28-20-12-16(23(25,26)27)6-11-21(20)31-18-9-7-17(24)8-10-18/h6-12,14-15,19,28H,3-5,13H2,1-2H3,(H,29,30)/t14-,15+,19-/m0/s1. The lowest BCUT2D eigenvalue weighted by atomic mass is 9.78. The van der Waals surface area contributed by atoms with Crippen LogP contribution in [0, 0.1) is 11.8 Å². The summed E-state index contributed by atoms with van der Waals surface area (Å²) in [7, 11) is 0. The van der Waals surface area contributed by atoms with E-state index in [2.05, 4.69) is 40.4 Å². The third-order valence-corrected chi connectivity index (χ3v) is 6.37. The van der Waals surface area contributed by atoms with Gasteiger partial charge in [-0.25, -0.2) is 0 Å². The predicted molar refractivity (Wildman–Crippen MR) is 118 cm³/mol. The van der Waals surface area contributed by atoms with Gasteiger partial charge in [0.05, 0.1) is 17.8 Å². The monoisotopic (exact) mass is 498 g/mol. The third kappa shape index (κ3) is 6.38.